The second kappa shape index (κ2) is 7.73. The lowest BCUT2D eigenvalue weighted by atomic mass is 9.91. The molecule has 0 aliphatic carbocycles. The fourth-order valence-electron chi connectivity index (χ4n) is 3.21. The van der Waals surface area contributed by atoms with Crippen LogP contribution in [0.2, 0.25) is 0 Å². The van der Waals surface area contributed by atoms with Gasteiger partial charge in [0.1, 0.15) is 0 Å². The van der Waals surface area contributed by atoms with Crippen LogP contribution in [0, 0.1) is 0 Å². The van der Waals surface area contributed by atoms with E-state index in [4.69, 9.17) is 4.74 Å². The Kier molecular flexibility index (Phi) is 5.44. The van der Waals surface area contributed by atoms with Crippen molar-refractivity contribution < 1.29 is 4.74 Å². The van der Waals surface area contributed by atoms with Crippen LogP contribution >= 0.6 is 0 Å². The van der Waals surface area contributed by atoms with Gasteiger partial charge < -0.3 is 15.4 Å². The summed E-state index contributed by atoms with van der Waals surface area (Å²) in [6.07, 6.45) is 1.11. The highest BCUT2D eigenvalue weighted by Crippen LogP contribution is 2.28. The molecule has 0 spiro atoms. The van der Waals surface area contributed by atoms with Crippen molar-refractivity contribution in [2.24, 2.45) is 0 Å². The van der Waals surface area contributed by atoms with E-state index in [9.17, 15) is 0 Å². The Labute approximate surface area is 139 Å². The fraction of sp³-hybridized carbons (Fsp3) is 0.400. The van der Waals surface area contributed by atoms with Gasteiger partial charge in [-0.25, -0.2) is 0 Å². The molecule has 122 valence electrons. The van der Waals surface area contributed by atoms with Crippen LogP contribution in [0.1, 0.15) is 23.6 Å². The van der Waals surface area contributed by atoms with Crippen molar-refractivity contribution in [1.29, 1.82) is 0 Å². The summed E-state index contributed by atoms with van der Waals surface area (Å²) in [5.41, 5.74) is 6.95. The standard InChI is InChI=1S/C20H26N2O/c1-15(14-23-2)22-12-16-6-8-17(9-7-16)19-5-3-4-18-13-21-11-10-20(18)19/h3-9,15,21-22H,10-14H2,1-2H3/t15-/m1/s1. The molecular formula is C20H26N2O. The monoisotopic (exact) mass is 310 g/mol. The van der Waals surface area contributed by atoms with Crippen LogP contribution in [0.25, 0.3) is 11.1 Å². The maximum absolute atomic E-state index is 5.15. The molecule has 1 aliphatic heterocycles. The number of hydrogen-bond donors (Lipinski definition) is 2. The van der Waals surface area contributed by atoms with Gasteiger partial charge in [-0.2, -0.15) is 0 Å². The summed E-state index contributed by atoms with van der Waals surface area (Å²) in [7, 11) is 1.74. The molecule has 23 heavy (non-hydrogen) atoms. The van der Waals surface area contributed by atoms with Crippen LogP contribution in [-0.2, 0) is 24.2 Å². The van der Waals surface area contributed by atoms with Crippen LogP contribution < -0.4 is 10.6 Å². The molecule has 3 nitrogen and oxygen atoms in total. The Morgan fingerprint density at radius 2 is 2.00 bits per heavy atom. The fourth-order valence-corrected chi connectivity index (χ4v) is 3.21. The van der Waals surface area contributed by atoms with Gasteiger partial charge in [0.25, 0.3) is 0 Å². The minimum atomic E-state index is 0.369. The van der Waals surface area contributed by atoms with Crippen molar-refractivity contribution in [2.75, 3.05) is 20.3 Å². The molecule has 1 heterocycles. The molecular weight excluding hydrogens is 284 g/mol. The quantitative estimate of drug-likeness (QED) is 0.860. The van der Waals surface area contributed by atoms with Gasteiger partial charge >= 0.3 is 0 Å². The summed E-state index contributed by atoms with van der Waals surface area (Å²) in [4.78, 5) is 0. The average Bonchev–Trinajstić information content (AvgIpc) is 2.60. The Morgan fingerprint density at radius 1 is 1.17 bits per heavy atom. The van der Waals surface area contributed by atoms with E-state index < -0.39 is 0 Å². The second-order valence-electron chi connectivity index (χ2n) is 6.30. The third kappa shape index (κ3) is 3.99. The zero-order valence-electron chi connectivity index (χ0n) is 14.1. The van der Waals surface area contributed by atoms with E-state index in [2.05, 4.69) is 60.0 Å². The first-order valence-electron chi connectivity index (χ1n) is 8.41. The molecule has 0 bridgehead atoms. The Morgan fingerprint density at radius 3 is 2.78 bits per heavy atom. The van der Waals surface area contributed by atoms with E-state index >= 15 is 0 Å². The van der Waals surface area contributed by atoms with Crippen molar-refractivity contribution in [3.63, 3.8) is 0 Å². The molecule has 3 rings (SSSR count). The molecule has 2 N–H and O–H groups in total. The highest BCUT2D eigenvalue weighted by molar-refractivity contribution is 5.69. The van der Waals surface area contributed by atoms with E-state index in [0.29, 0.717) is 6.04 Å². The van der Waals surface area contributed by atoms with Crippen molar-refractivity contribution in [3.05, 3.63) is 59.2 Å². The van der Waals surface area contributed by atoms with E-state index in [0.717, 1.165) is 32.7 Å². The summed E-state index contributed by atoms with van der Waals surface area (Å²) in [5, 5.41) is 6.92. The number of hydrogen-bond acceptors (Lipinski definition) is 3. The van der Waals surface area contributed by atoms with E-state index in [1.54, 1.807) is 7.11 Å². The van der Waals surface area contributed by atoms with Gasteiger partial charge in [-0.3, -0.25) is 0 Å². The van der Waals surface area contributed by atoms with Crippen LogP contribution in [0.5, 0.6) is 0 Å². The summed E-state index contributed by atoms with van der Waals surface area (Å²) in [6, 6.07) is 16.0. The van der Waals surface area contributed by atoms with Crippen molar-refractivity contribution in [1.82, 2.24) is 10.6 Å². The van der Waals surface area contributed by atoms with Gasteiger partial charge in [0.2, 0.25) is 0 Å². The number of fused-ring (bicyclic) bond motifs is 1. The highest BCUT2D eigenvalue weighted by Gasteiger charge is 2.13. The van der Waals surface area contributed by atoms with Gasteiger partial charge in [0.05, 0.1) is 6.61 Å². The second-order valence-corrected chi connectivity index (χ2v) is 6.30. The van der Waals surface area contributed by atoms with Gasteiger partial charge in [0.15, 0.2) is 0 Å². The first-order chi connectivity index (χ1) is 11.3. The van der Waals surface area contributed by atoms with Crippen LogP contribution in [0.4, 0.5) is 0 Å². The Bertz CT molecular complexity index is 637. The SMILES string of the molecule is COC[C@@H](C)NCc1ccc(-c2cccc3c2CCNC3)cc1. The van der Waals surface area contributed by atoms with Crippen molar-refractivity contribution in [2.45, 2.75) is 32.5 Å². The van der Waals surface area contributed by atoms with Crippen LogP contribution in [-0.4, -0.2) is 26.3 Å². The maximum atomic E-state index is 5.15. The Balaban J connectivity index is 1.73. The minimum absolute atomic E-state index is 0.369. The number of benzene rings is 2. The van der Waals surface area contributed by atoms with Gasteiger partial charge in [-0.05, 0) is 47.7 Å². The first kappa shape index (κ1) is 16.2. The van der Waals surface area contributed by atoms with Crippen LogP contribution in [0.15, 0.2) is 42.5 Å². The molecule has 1 aliphatic rings. The molecule has 2 aromatic carbocycles. The highest BCUT2D eigenvalue weighted by atomic mass is 16.5. The summed E-state index contributed by atoms with van der Waals surface area (Å²) in [5.74, 6) is 0. The van der Waals surface area contributed by atoms with Crippen molar-refractivity contribution in [3.8, 4) is 11.1 Å². The summed E-state index contributed by atoms with van der Waals surface area (Å²) >= 11 is 0. The largest absolute Gasteiger partial charge is 0.383 e. The van der Waals surface area contributed by atoms with Gasteiger partial charge in [0, 0.05) is 26.2 Å². The van der Waals surface area contributed by atoms with Gasteiger partial charge in [-0.1, -0.05) is 42.5 Å². The number of rotatable bonds is 6. The lowest BCUT2D eigenvalue weighted by Gasteiger charge is -2.20. The molecule has 2 aromatic rings. The smallest absolute Gasteiger partial charge is 0.0613 e. The van der Waals surface area contributed by atoms with E-state index in [-0.39, 0.29) is 0 Å². The lowest BCUT2D eigenvalue weighted by molar-refractivity contribution is 0.171. The molecule has 3 heteroatoms. The van der Waals surface area contributed by atoms with Crippen molar-refractivity contribution >= 4 is 0 Å². The zero-order chi connectivity index (χ0) is 16.1. The van der Waals surface area contributed by atoms with E-state index in [1.807, 2.05) is 0 Å². The van der Waals surface area contributed by atoms with Gasteiger partial charge in [-0.15, -0.1) is 0 Å². The molecule has 0 saturated carbocycles. The number of methoxy groups -OCH3 is 1. The first-order valence-corrected chi connectivity index (χ1v) is 8.41. The summed E-state index contributed by atoms with van der Waals surface area (Å²) < 4.78 is 5.15. The molecule has 0 radical (unpaired) electrons. The molecule has 1 atom stereocenters. The predicted molar refractivity (Wildman–Crippen MR) is 95.5 cm³/mol. The molecule has 0 saturated heterocycles. The molecule has 0 aromatic heterocycles. The number of nitrogens with one attached hydrogen (secondary N) is 2. The lowest BCUT2D eigenvalue weighted by Crippen LogP contribution is -2.29. The molecule has 0 fully saturated rings. The maximum Gasteiger partial charge on any atom is 0.0613 e. The predicted octanol–water partition coefficient (Wildman–Crippen LogP) is 3.12. The molecule has 0 amide bonds. The third-order valence-electron chi connectivity index (χ3n) is 4.48. The average molecular weight is 310 g/mol. The van der Waals surface area contributed by atoms with Crippen LogP contribution in [0.3, 0.4) is 0 Å². The minimum Gasteiger partial charge on any atom is -0.383 e. The number of ether oxygens (including phenoxy) is 1. The normalized spacial score (nSPS) is 15.2. The Hall–Kier alpha value is -1.68. The zero-order valence-corrected chi connectivity index (χ0v) is 14.1. The third-order valence-corrected chi connectivity index (χ3v) is 4.48. The molecule has 0 unspecified atom stereocenters. The van der Waals surface area contributed by atoms with E-state index in [1.165, 1.54) is 27.8 Å². The topological polar surface area (TPSA) is 33.3 Å². The summed E-state index contributed by atoms with van der Waals surface area (Å²) in [6.45, 7) is 5.82.